The van der Waals surface area contributed by atoms with Gasteiger partial charge in [0.2, 0.25) is 5.91 Å². The Kier molecular flexibility index (Phi) is 5.11. The topological polar surface area (TPSA) is 95.9 Å². The summed E-state index contributed by atoms with van der Waals surface area (Å²) in [5.41, 5.74) is 0. The molecule has 1 amide bonds. The molecule has 0 aromatic carbocycles. The fourth-order valence-corrected chi connectivity index (χ4v) is 0.766. The van der Waals surface area contributed by atoms with Crippen molar-refractivity contribution >= 4 is 11.9 Å². The predicted molar refractivity (Wildman–Crippen MR) is 47.7 cm³/mol. The first kappa shape index (κ1) is 12.9. The van der Waals surface area contributed by atoms with Gasteiger partial charge in [0.05, 0.1) is 6.10 Å². The Bertz CT molecular complexity index is 216. The molecular weight excluding hydrogens is 190 g/mol. The van der Waals surface area contributed by atoms with Crippen molar-refractivity contribution in [3.05, 3.63) is 0 Å². The highest BCUT2D eigenvalue weighted by Crippen LogP contribution is 1.95. The Labute approximate surface area is 81.9 Å². The number of carboxylic acids is 1. The lowest BCUT2D eigenvalue weighted by Crippen LogP contribution is -2.50. The molecule has 0 radical (unpaired) electrons. The van der Waals surface area contributed by atoms with E-state index in [1.54, 1.807) is 0 Å². The SMILES string of the molecule is COC(C)C(=O)N[C@H](C(=O)O)[C@@H](C)O. The average Bonchev–Trinajstić information content (AvgIpc) is 2.11. The molecule has 0 fully saturated rings. The normalized spacial score (nSPS) is 16.9. The van der Waals surface area contributed by atoms with Gasteiger partial charge in [0, 0.05) is 7.11 Å². The second-order valence-electron chi connectivity index (χ2n) is 2.94. The number of aliphatic hydroxyl groups is 1. The molecule has 0 aromatic heterocycles. The minimum atomic E-state index is -1.31. The molecular formula is C8H15NO5. The van der Waals surface area contributed by atoms with Crippen LogP contribution in [-0.4, -0.2) is 47.4 Å². The number of hydrogen-bond acceptors (Lipinski definition) is 4. The molecule has 3 atom stereocenters. The molecule has 0 saturated carbocycles. The van der Waals surface area contributed by atoms with Gasteiger partial charge in [0.15, 0.2) is 6.04 Å². The number of nitrogens with one attached hydrogen (secondary N) is 1. The van der Waals surface area contributed by atoms with Crippen LogP contribution in [0.5, 0.6) is 0 Å². The number of aliphatic hydroxyl groups excluding tert-OH is 1. The van der Waals surface area contributed by atoms with Crippen molar-refractivity contribution in [1.29, 1.82) is 0 Å². The van der Waals surface area contributed by atoms with Crippen molar-refractivity contribution in [3.63, 3.8) is 0 Å². The average molecular weight is 205 g/mol. The van der Waals surface area contributed by atoms with E-state index >= 15 is 0 Å². The van der Waals surface area contributed by atoms with Crippen molar-refractivity contribution in [1.82, 2.24) is 5.32 Å². The quantitative estimate of drug-likeness (QED) is 0.533. The minimum absolute atomic E-state index is 0.569. The van der Waals surface area contributed by atoms with E-state index in [2.05, 4.69) is 10.1 Å². The maximum atomic E-state index is 11.2. The summed E-state index contributed by atoms with van der Waals surface area (Å²) in [7, 11) is 1.34. The molecule has 0 spiro atoms. The van der Waals surface area contributed by atoms with Crippen LogP contribution < -0.4 is 5.32 Å². The van der Waals surface area contributed by atoms with Crippen molar-refractivity contribution in [3.8, 4) is 0 Å². The number of carbonyl (C=O) groups is 2. The van der Waals surface area contributed by atoms with Crippen LogP contribution in [0.3, 0.4) is 0 Å². The van der Waals surface area contributed by atoms with E-state index in [0.29, 0.717) is 0 Å². The van der Waals surface area contributed by atoms with Crippen molar-refractivity contribution < 1.29 is 24.5 Å². The maximum absolute atomic E-state index is 11.2. The summed E-state index contributed by atoms with van der Waals surface area (Å²) in [5, 5.41) is 19.8. The van der Waals surface area contributed by atoms with Crippen LogP contribution in [0, 0.1) is 0 Å². The maximum Gasteiger partial charge on any atom is 0.328 e. The highest BCUT2D eigenvalue weighted by molar-refractivity contribution is 5.86. The first-order chi connectivity index (χ1) is 6.40. The summed E-state index contributed by atoms with van der Waals surface area (Å²) >= 11 is 0. The van der Waals surface area contributed by atoms with Crippen molar-refractivity contribution in [2.24, 2.45) is 0 Å². The van der Waals surface area contributed by atoms with Gasteiger partial charge < -0.3 is 20.3 Å². The van der Waals surface area contributed by atoms with Gasteiger partial charge in [-0.25, -0.2) is 4.79 Å². The fourth-order valence-electron chi connectivity index (χ4n) is 0.766. The number of carboxylic acid groups (broad SMARTS) is 1. The third-order valence-electron chi connectivity index (χ3n) is 1.77. The van der Waals surface area contributed by atoms with Crippen LogP contribution in [0.2, 0.25) is 0 Å². The molecule has 0 aromatic rings. The van der Waals surface area contributed by atoms with E-state index in [1.165, 1.54) is 21.0 Å². The number of hydrogen-bond donors (Lipinski definition) is 3. The number of amides is 1. The summed E-state index contributed by atoms with van der Waals surface area (Å²) in [6, 6.07) is -1.31. The van der Waals surface area contributed by atoms with Crippen LogP contribution in [-0.2, 0) is 14.3 Å². The van der Waals surface area contributed by atoms with Crippen LogP contribution in [0.25, 0.3) is 0 Å². The molecule has 82 valence electrons. The number of ether oxygens (including phenoxy) is 1. The molecule has 14 heavy (non-hydrogen) atoms. The van der Waals surface area contributed by atoms with Crippen molar-refractivity contribution in [2.45, 2.75) is 32.1 Å². The van der Waals surface area contributed by atoms with Crippen molar-refractivity contribution in [2.75, 3.05) is 7.11 Å². The minimum Gasteiger partial charge on any atom is -0.480 e. The monoisotopic (exact) mass is 205 g/mol. The lowest BCUT2D eigenvalue weighted by Gasteiger charge is -2.18. The van der Waals surface area contributed by atoms with Gasteiger partial charge in [0.1, 0.15) is 6.10 Å². The van der Waals surface area contributed by atoms with Gasteiger partial charge in [-0.3, -0.25) is 4.79 Å². The van der Waals surface area contributed by atoms with Gasteiger partial charge in [-0.2, -0.15) is 0 Å². The number of rotatable bonds is 5. The number of carbonyl (C=O) groups excluding carboxylic acids is 1. The van der Waals surface area contributed by atoms with Crippen LogP contribution in [0.4, 0.5) is 0 Å². The molecule has 6 nitrogen and oxygen atoms in total. The van der Waals surface area contributed by atoms with E-state index < -0.39 is 30.1 Å². The summed E-state index contributed by atoms with van der Waals surface area (Å²) in [6.07, 6.45) is -1.89. The van der Waals surface area contributed by atoms with Crippen LogP contribution in [0.1, 0.15) is 13.8 Å². The third-order valence-corrected chi connectivity index (χ3v) is 1.77. The summed E-state index contributed by atoms with van der Waals surface area (Å²) < 4.78 is 4.69. The zero-order chi connectivity index (χ0) is 11.3. The molecule has 0 heterocycles. The number of aliphatic carboxylic acids is 1. The molecule has 0 aliphatic heterocycles. The first-order valence-electron chi connectivity index (χ1n) is 4.14. The van der Waals surface area contributed by atoms with E-state index in [4.69, 9.17) is 10.2 Å². The lowest BCUT2D eigenvalue weighted by molar-refractivity contribution is -0.146. The molecule has 3 N–H and O–H groups in total. The Morgan fingerprint density at radius 3 is 2.14 bits per heavy atom. The first-order valence-corrected chi connectivity index (χ1v) is 4.14. The zero-order valence-electron chi connectivity index (χ0n) is 8.35. The second-order valence-corrected chi connectivity index (χ2v) is 2.94. The Morgan fingerprint density at radius 2 is 1.86 bits per heavy atom. The third kappa shape index (κ3) is 3.71. The number of methoxy groups -OCH3 is 1. The summed E-state index contributed by atoms with van der Waals surface area (Å²) in [4.78, 5) is 21.8. The van der Waals surface area contributed by atoms with Gasteiger partial charge in [-0.05, 0) is 13.8 Å². The van der Waals surface area contributed by atoms with E-state index in [0.717, 1.165) is 0 Å². The molecule has 0 bridgehead atoms. The van der Waals surface area contributed by atoms with E-state index in [9.17, 15) is 9.59 Å². The molecule has 0 saturated heterocycles. The molecule has 6 heteroatoms. The zero-order valence-corrected chi connectivity index (χ0v) is 8.35. The Balaban J connectivity index is 4.31. The Hall–Kier alpha value is -1.14. The summed E-state index contributed by atoms with van der Waals surface area (Å²) in [6.45, 7) is 2.77. The molecule has 0 rings (SSSR count). The van der Waals surface area contributed by atoms with Crippen LogP contribution >= 0.6 is 0 Å². The molecule has 1 unspecified atom stereocenters. The van der Waals surface area contributed by atoms with Gasteiger partial charge in [0.25, 0.3) is 0 Å². The van der Waals surface area contributed by atoms with Crippen LogP contribution in [0.15, 0.2) is 0 Å². The largest absolute Gasteiger partial charge is 0.480 e. The highest BCUT2D eigenvalue weighted by Gasteiger charge is 2.26. The second kappa shape index (κ2) is 5.56. The molecule has 0 aliphatic rings. The standard InChI is InChI=1S/C8H15NO5/c1-4(10)6(8(12)13)9-7(11)5(2)14-3/h4-6,10H,1-3H3,(H,9,11)(H,12,13)/t4-,5?,6+/m1/s1. The predicted octanol–water partition coefficient (Wildman–Crippen LogP) is -1.03. The molecule has 0 aliphatic carbocycles. The van der Waals surface area contributed by atoms with Gasteiger partial charge in [-0.1, -0.05) is 0 Å². The fraction of sp³-hybridized carbons (Fsp3) is 0.750. The van der Waals surface area contributed by atoms with E-state index in [-0.39, 0.29) is 0 Å². The van der Waals surface area contributed by atoms with Gasteiger partial charge in [-0.15, -0.1) is 0 Å². The Morgan fingerprint density at radius 1 is 1.36 bits per heavy atom. The summed E-state index contributed by atoms with van der Waals surface area (Å²) in [5.74, 6) is -1.85. The van der Waals surface area contributed by atoms with Gasteiger partial charge >= 0.3 is 5.97 Å². The highest BCUT2D eigenvalue weighted by atomic mass is 16.5. The lowest BCUT2D eigenvalue weighted by atomic mass is 10.2. The smallest absolute Gasteiger partial charge is 0.328 e. The van der Waals surface area contributed by atoms with E-state index in [1.807, 2.05) is 0 Å².